The molecule has 4 amide bonds. The molecule has 298 valence electrons. The van der Waals surface area contributed by atoms with Crippen LogP contribution in [-0.2, 0) is 28.8 Å². The minimum absolute atomic E-state index is 0.00390. The number of aliphatic carboxylic acids is 2. The highest BCUT2D eigenvalue weighted by molar-refractivity contribution is 5.95. The lowest BCUT2D eigenvalue weighted by atomic mass is 9.98. The Morgan fingerprint density at radius 2 is 1.35 bits per heavy atom. The summed E-state index contributed by atoms with van der Waals surface area (Å²) in [6.07, 6.45) is -1.76. The second kappa shape index (κ2) is 22.3. The summed E-state index contributed by atoms with van der Waals surface area (Å²) in [4.78, 5) is 86.3. The Balaban J connectivity index is 6.30. The Bertz CT molecular complexity index is 1280. The number of amides is 4. The molecule has 0 fully saturated rings. The van der Waals surface area contributed by atoms with Gasteiger partial charge in [-0.15, -0.1) is 0 Å². The second-order valence-electron chi connectivity index (χ2n) is 14.2. The fourth-order valence-corrected chi connectivity index (χ4v) is 5.21. The van der Waals surface area contributed by atoms with E-state index in [1.807, 2.05) is 21.1 Å². The number of nitrogens with two attached hydrogens (primary N) is 3. The molecule has 0 bridgehead atoms. The van der Waals surface area contributed by atoms with Crippen LogP contribution in [0.3, 0.4) is 0 Å². The lowest BCUT2D eigenvalue weighted by Gasteiger charge is -2.35. The Kier molecular flexibility index (Phi) is 20.2. The average Bonchev–Trinajstić information content (AvgIpc) is 3.02. The van der Waals surface area contributed by atoms with E-state index in [1.165, 1.54) is 7.05 Å². The zero-order chi connectivity index (χ0) is 40.5. The molecule has 20 nitrogen and oxygen atoms in total. The van der Waals surface area contributed by atoms with Gasteiger partial charge in [-0.1, -0.05) is 27.7 Å². The molecule has 0 heterocycles. The third-order valence-electron chi connectivity index (χ3n) is 8.28. The lowest BCUT2D eigenvalue weighted by molar-refractivity contribution is -0.886. The van der Waals surface area contributed by atoms with Gasteiger partial charge in [0, 0.05) is 46.4 Å². The van der Waals surface area contributed by atoms with Gasteiger partial charge in [-0.3, -0.25) is 34.0 Å². The highest BCUT2D eigenvalue weighted by Gasteiger charge is 2.38. The van der Waals surface area contributed by atoms with Gasteiger partial charge >= 0.3 is 11.9 Å². The molecular weight excluding hydrogens is 682 g/mol. The van der Waals surface area contributed by atoms with Crippen LogP contribution in [0.2, 0.25) is 0 Å². The molecule has 0 aromatic carbocycles. The number of aliphatic hydroxyl groups is 1. The minimum atomic E-state index is -1.56. The number of quaternary nitrogens is 1. The number of carboxylic acid groups (broad SMARTS) is 2. The van der Waals surface area contributed by atoms with E-state index < -0.39 is 103 Å². The SMILES string of the molecule is CN=C(N)NCC(O)CC(NC(=O)C(NC(=O)C(NC(=O)C(CCCN=C(N)N)[N+](C)(C)C)C(C)C)C(C)C)C(=O)N(C)C(CCC(=O)O)C(=O)O. The normalized spacial score (nSPS) is 15.3. The fourth-order valence-electron chi connectivity index (χ4n) is 5.21. The number of carbonyl (C=O) groups excluding carboxylic acids is 4. The van der Waals surface area contributed by atoms with Gasteiger partial charge in [0.25, 0.3) is 5.91 Å². The molecule has 0 radical (unpaired) electrons. The van der Waals surface area contributed by atoms with Gasteiger partial charge in [0.1, 0.15) is 24.2 Å². The zero-order valence-electron chi connectivity index (χ0n) is 31.9. The molecule has 0 saturated heterocycles. The number of hydrogen-bond donors (Lipinski definition) is 10. The number of carbonyl (C=O) groups is 6. The summed E-state index contributed by atoms with van der Waals surface area (Å²) in [7, 11) is 8.08. The van der Waals surface area contributed by atoms with E-state index in [0.29, 0.717) is 19.4 Å². The molecule has 0 spiro atoms. The Morgan fingerprint density at radius 1 is 0.827 bits per heavy atom. The van der Waals surface area contributed by atoms with Crippen LogP contribution in [0.15, 0.2) is 9.98 Å². The molecule has 0 aliphatic heterocycles. The molecule has 0 aliphatic carbocycles. The van der Waals surface area contributed by atoms with E-state index in [2.05, 4.69) is 31.3 Å². The van der Waals surface area contributed by atoms with Crippen LogP contribution in [-0.4, -0.2) is 157 Å². The van der Waals surface area contributed by atoms with Crippen LogP contribution in [0.4, 0.5) is 0 Å². The number of rotatable bonds is 23. The third kappa shape index (κ3) is 17.0. The maximum atomic E-state index is 13.8. The molecule has 0 rings (SSSR count). The number of hydrogen-bond acceptors (Lipinski definition) is 9. The Morgan fingerprint density at radius 3 is 1.79 bits per heavy atom. The number of aliphatic hydroxyl groups excluding tert-OH is 1. The summed E-state index contributed by atoms with van der Waals surface area (Å²) in [5.41, 5.74) is 16.4. The van der Waals surface area contributed by atoms with Crippen LogP contribution in [0.5, 0.6) is 0 Å². The summed E-state index contributed by atoms with van der Waals surface area (Å²) >= 11 is 0. The standard InChI is InChI=1S/C32H61N11O9/c1-17(2)24(41-28(49)25(18(3)4)40-26(47)22(43(7,8)9)11-10-14-37-31(33)34)27(48)39-20(15-19(44)16-38-32(35)36-5)29(50)42(6)21(30(51)52)12-13-23(45)46/h17-22,24-25,44H,10-16H2,1-9H3,(H11-,33,34,35,36,37,38,39,40,41,45,46,47,48,49,51,52)/p+1. The third-order valence-corrected chi connectivity index (χ3v) is 8.28. The monoisotopic (exact) mass is 744 g/mol. The van der Waals surface area contributed by atoms with Gasteiger partial charge in [0.05, 0.1) is 27.2 Å². The van der Waals surface area contributed by atoms with E-state index in [-0.39, 0.29) is 22.9 Å². The first-order valence-corrected chi connectivity index (χ1v) is 17.1. The Labute approximate surface area is 305 Å². The topological polar surface area (TPSA) is 317 Å². The number of nitrogens with one attached hydrogen (secondary N) is 4. The first kappa shape index (κ1) is 47.3. The van der Waals surface area contributed by atoms with Crippen LogP contribution in [0, 0.1) is 11.8 Å². The van der Waals surface area contributed by atoms with Crippen molar-refractivity contribution >= 4 is 47.5 Å². The van der Waals surface area contributed by atoms with Crippen molar-refractivity contribution in [2.75, 3.05) is 48.3 Å². The number of nitrogens with zero attached hydrogens (tertiary/aromatic N) is 4. The molecule has 0 saturated carbocycles. The van der Waals surface area contributed by atoms with Crippen molar-refractivity contribution in [3.63, 3.8) is 0 Å². The number of aliphatic imine (C=N–C) groups is 2. The summed E-state index contributed by atoms with van der Waals surface area (Å²) in [5, 5.41) is 40.2. The van der Waals surface area contributed by atoms with Crippen molar-refractivity contribution in [1.29, 1.82) is 0 Å². The first-order chi connectivity index (χ1) is 23.9. The summed E-state index contributed by atoms with van der Waals surface area (Å²) in [6, 6.07) is -5.93. The quantitative estimate of drug-likeness (QED) is 0.0215. The summed E-state index contributed by atoms with van der Waals surface area (Å²) in [5.74, 6) is -6.53. The van der Waals surface area contributed by atoms with Crippen molar-refractivity contribution in [3.8, 4) is 0 Å². The Hall–Kier alpha value is -4.72. The highest BCUT2D eigenvalue weighted by Crippen LogP contribution is 2.15. The molecule has 52 heavy (non-hydrogen) atoms. The van der Waals surface area contributed by atoms with Gasteiger partial charge in [0.2, 0.25) is 17.7 Å². The predicted octanol–water partition coefficient (Wildman–Crippen LogP) is -3.06. The molecule has 0 aliphatic rings. The van der Waals surface area contributed by atoms with Gasteiger partial charge in [-0.05, 0) is 24.7 Å². The van der Waals surface area contributed by atoms with Gasteiger partial charge in [-0.2, -0.15) is 0 Å². The van der Waals surface area contributed by atoms with Gasteiger partial charge < -0.3 is 63.2 Å². The lowest BCUT2D eigenvalue weighted by Crippen LogP contribution is -2.62. The van der Waals surface area contributed by atoms with E-state index in [9.17, 15) is 39.0 Å². The zero-order valence-corrected chi connectivity index (χ0v) is 31.9. The van der Waals surface area contributed by atoms with Gasteiger partial charge in [0.15, 0.2) is 18.0 Å². The van der Waals surface area contributed by atoms with Crippen molar-refractivity contribution in [1.82, 2.24) is 26.2 Å². The fraction of sp³-hybridized carbons (Fsp3) is 0.750. The molecule has 0 aromatic heterocycles. The van der Waals surface area contributed by atoms with Crippen molar-refractivity contribution in [2.45, 2.75) is 96.1 Å². The summed E-state index contributed by atoms with van der Waals surface area (Å²) in [6.45, 7) is 6.90. The van der Waals surface area contributed by atoms with Gasteiger partial charge in [-0.25, -0.2) is 4.79 Å². The molecule has 6 atom stereocenters. The van der Waals surface area contributed by atoms with Crippen molar-refractivity contribution in [3.05, 3.63) is 0 Å². The minimum Gasteiger partial charge on any atom is -0.481 e. The average molecular weight is 745 g/mol. The smallest absolute Gasteiger partial charge is 0.326 e. The largest absolute Gasteiger partial charge is 0.481 e. The molecule has 13 N–H and O–H groups in total. The molecule has 20 heteroatoms. The molecular formula is C32H62N11O9+. The van der Waals surface area contributed by atoms with E-state index in [1.54, 1.807) is 27.7 Å². The maximum absolute atomic E-state index is 13.8. The summed E-state index contributed by atoms with van der Waals surface area (Å²) < 4.78 is 0.249. The highest BCUT2D eigenvalue weighted by atomic mass is 16.4. The van der Waals surface area contributed by atoms with Crippen molar-refractivity contribution in [2.24, 2.45) is 39.0 Å². The van der Waals surface area contributed by atoms with E-state index in [4.69, 9.17) is 22.3 Å². The molecule has 6 unspecified atom stereocenters. The first-order valence-electron chi connectivity index (χ1n) is 17.1. The number of guanidine groups is 2. The number of carboxylic acids is 2. The van der Waals surface area contributed by atoms with E-state index in [0.717, 1.165) is 11.9 Å². The van der Waals surface area contributed by atoms with Crippen molar-refractivity contribution < 1.29 is 48.6 Å². The predicted molar refractivity (Wildman–Crippen MR) is 194 cm³/mol. The maximum Gasteiger partial charge on any atom is 0.326 e. The number of likely N-dealkylation sites (N-methyl/N-ethyl adjacent to an activating group) is 2. The van der Waals surface area contributed by atoms with Crippen LogP contribution in [0.1, 0.15) is 59.8 Å². The van der Waals surface area contributed by atoms with Crippen LogP contribution >= 0.6 is 0 Å². The second-order valence-corrected chi connectivity index (χ2v) is 14.2. The van der Waals surface area contributed by atoms with E-state index >= 15 is 0 Å². The van der Waals surface area contributed by atoms with Crippen LogP contribution in [0.25, 0.3) is 0 Å². The molecule has 0 aromatic rings. The van der Waals surface area contributed by atoms with Crippen LogP contribution < -0.4 is 38.5 Å².